The number of nitrogens with one attached hydrogen (secondary N) is 1. The Morgan fingerprint density at radius 3 is 2.79 bits per heavy atom. The second-order valence-electron chi connectivity index (χ2n) is 5.16. The van der Waals surface area contributed by atoms with E-state index in [1.807, 2.05) is 31.2 Å². The fourth-order valence-corrected chi connectivity index (χ4v) is 3.22. The number of hydrogen-bond acceptors (Lipinski definition) is 3. The first-order valence-corrected chi connectivity index (χ1v) is 9.07. The lowest BCUT2D eigenvalue weighted by Crippen LogP contribution is -2.30. The monoisotopic (exact) mass is 367 g/mol. The molecule has 2 aromatic rings. The molecule has 0 aliphatic carbocycles. The van der Waals surface area contributed by atoms with Crippen LogP contribution in [-0.2, 0) is 10.5 Å². The van der Waals surface area contributed by atoms with Crippen LogP contribution in [0.4, 0.5) is 4.39 Å². The Kier molecular flexibility index (Phi) is 7.40. The number of aryl methyl sites for hydroxylation is 1. The molecule has 1 N–H and O–H groups in total. The van der Waals surface area contributed by atoms with Crippen LogP contribution in [0.1, 0.15) is 11.1 Å². The van der Waals surface area contributed by atoms with Gasteiger partial charge in [0.05, 0.1) is 0 Å². The number of carbonyl (C=O) groups is 1. The summed E-state index contributed by atoms with van der Waals surface area (Å²) >= 11 is 7.48. The van der Waals surface area contributed by atoms with Crippen LogP contribution in [0.5, 0.6) is 5.75 Å². The average Bonchev–Trinajstić information content (AvgIpc) is 2.56. The smallest absolute Gasteiger partial charge is 0.257 e. The molecule has 0 saturated carbocycles. The first-order valence-electron chi connectivity index (χ1n) is 7.53. The lowest BCUT2D eigenvalue weighted by Gasteiger charge is -2.09. The summed E-state index contributed by atoms with van der Waals surface area (Å²) in [6.07, 6.45) is 0. The van der Waals surface area contributed by atoms with Crippen LogP contribution in [0.3, 0.4) is 0 Å². The van der Waals surface area contributed by atoms with Gasteiger partial charge in [-0.15, -0.1) is 0 Å². The molecule has 0 aromatic heterocycles. The van der Waals surface area contributed by atoms with Gasteiger partial charge in [-0.25, -0.2) is 4.39 Å². The first kappa shape index (κ1) is 18.6. The third-order valence-corrected chi connectivity index (χ3v) is 4.67. The normalized spacial score (nSPS) is 10.5. The van der Waals surface area contributed by atoms with Crippen molar-refractivity contribution in [2.24, 2.45) is 0 Å². The molecule has 0 aliphatic rings. The molecule has 0 radical (unpaired) electrons. The Bertz CT molecular complexity index is 676. The molecule has 2 rings (SSSR count). The van der Waals surface area contributed by atoms with E-state index < -0.39 is 0 Å². The van der Waals surface area contributed by atoms with Crippen molar-refractivity contribution in [1.82, 2.24) is 5.32 Å². The fourth-order valence-electron chi connectivity index (χ4n) is 2.02. The van der Waals surface area contributed by atoms with Gasteiger partial charge in [-0.1, -0.05) is 35.9 Å². The third-order valence-electron chi connectivity index (χ3n) is 3.33. The molecule has 0 unspecified atom stereocenters. The number of halogens is 2. The Hall–Kier alpha value is -1.72. The molecule has 1 amide bonds. The molecule has 0 spiro atoms. The molecule has 0 bridgehead atoms. The van der Waals surface area contributed by atoms with Crippen LogP contribution in [0.15, 0.2) is 42.5 Å². The van der Waals surface area contributed by atoms with E-state index in [1.54, 1.807) is 12.1 Å². The van der Waals surface area contributed by atoms with E-state index in [9.17, 15) is 9.18 Å². The molecule has 3 nitrogen and oxygen atoms in total. The van der Waals surface area contributed by atoms with E-state index >= 15 is 0 Å². The van der Waals surface area contributed by atoms with Crippen molar-refractivity contribution in [3.63, 3.8) is 0 Å². The van der Waals surface area contributed by atoms with E-state index in [-0.39, 0.29) is 18.3 Å². The second-order valence-corrected chi connectivity index (χ2v) is 6.67. The number of ether oxygens (including phenoxy) is 1. The van der Waals surface area contributed by atoms with E-state index in [4.69, 9.17) is 16.3 Å². The molecule has 6 heteroatoms. The maximum absolute atomic E-state index is 13.6. The Labute approximate surface area is 150 Å². The summed E-state index contributed by atoms with van der Waals surface area (Å²) < 4.78 is 19.1. The zero-order valence-corrected chi connectivity index (χ0v) is 14.9. The fraction of sp³-hybridized carbons (Fsp3) is 0.278. The molecule has 0 heterocycles. The van der Waals surface area contributed by atoms with Crippen molar-refractivity contribution in [3.8, 4) is 5.75 Å². The Balaban J connectivity index is 1.64. The number of carbonyl (C=O) groups excluding carboxylic acids is 1. The molecule has 0 atom stereocenters. The average molecular weight is 368 g/mol. The summed E-state index contributed by atoms with van der Waals surface area (Å²) in [7, 11) is 0. The molecule has 128 valence electrons. The summed E-state index contributed by atoms with van der Waals surface area (Å²) in [4.78, 5) is 11.7. The quantitative estimate of drug-likeness (QED) is 0.710. The minimum atomic E-state index is -0.300. The van der Waals surface area contributed by atoms with Crippen molar-refractivity contribution in [1.29, 1.82) is 0 Å². The largest absolute Gasteiger partial charge is 0.484 e. The highest BCUT2D eigenvalue weighted by atomic mass is 35.5. The van der Waals surface area contributed by atoms with Crippen LogP contribution >= 0.6 is 23.4 Å². The summed E-state index contributed by atoms with van der Waals surface area (Å²) in [5.41, 5.74) is 1.49. The van der Waals surface area contributed by atoms with Crippen molar-refractivity contribution >= 4 is 29.3 Å². The van der Waals surface area contributed by atoms with Crippen LogP contribution in [0, 0.1) is 12.7 Å². The van der Waals surface area contributed by atoms with Gasteiger partial charge >= 0.3 is 0 Å². The SMILES string of the molecule is Cc1ccccc1OCC(=O)NCCSCc1c(F)cccc1Cl. The Morgan fingerprint density at radius 1 is 1.25 bits per heavy atom. The van der Waals surface area contributed by atoms with Gasteiger partial charge in [-0.3, -0.25) is 4.79 Å². The van der Waals surface area contributed by atoms with Crippen molar-refractivity contribution in [2.75, 3.05) is 18.9 Å². The van der Waals surface area contributed by atoms with Crippen molar-refractivity contribution in [2.45, 2.75) is 12.7 Å². The lowest BCUT2D eigenvalue weighted by molar-refractivity contribution is -0.122. The third kappa shape index (κ3) is 5.73. The molecular formula is C18H19ClFNO2S. The number of benzene rings is 2. The molecule has 0 aliphatic heterocycles. The molecule has 24 heavy (non-hydrogen) atoms. The Morgan fingerprint density at radius 2 is 2.04 bits per heavy atom. The summed E-state index contributed by atoms with van der Waals surface area (Å²) in [6, 6.07) is 12.2. The van der Waals surface area contributed by atoms with Gasteiger partial charge < -0.3 is 10.1 Å². The van der Waals surface area contributed by atoms with Gasteiger partial charge in [0.1, 0.15) is 11.6 Å². The van der Waals surface area contributed by atoms with E-state index in [0.717, 1.165) is 5.56 Å². The first-order chi connectivity index (χ1) is 11.6. The van der Waals surface area contributed by atoms with Crippen LogP contribution in [0.2, 0.25) is 5.02 Å². The minimum Gasteiger partial charge on any atom is -0.484 e. The second kappa shape index (κ2) is 9.55. The summed E-state index contributed by atoms with van der Waals surface area (Å²) in [5.74, 6) is 1.37. The molecule has 0 saturated heterocycles. The number of hydrogen-bond donors (Lipinski definition) is 1. The van der Waals surface area contributed by atoms with Gasteiger partial charge in [-0.2, -0.15) is 11.8 Å². The van der Waals surface area contributed by atoms with Crippen LogP contribution in [-0.4, -0.2) is 24.8 Å². The predicted molar refractivity (Wildman–Crippen MR) is 97.3 cm³/mol. The number of amides is 1. The van der Waals surface area contributed by atoms with Crippen LogP contribution in [0.25, 0.3) is 0 Å². The maximum Gasteiger partial charge on any atom is 0.257 e. The number of para-hydroxylation sites is 1. The van der Waals surface area contributed by atoms with E-state index in [2.05, 4.69) is 5.32 Å². The molecule has 2 aromatic carbocycles. The number of rotatable bonds is 8. The van der Waals surface area contributed by atoms with E-state index in [1.165, 1.54) is 17.8 Å². The highest BCUT2D eigenvalue weighted by Gasteiger charge is 2.07. The van der Waals surface area contributed by atoms with Gasteiger partial charge in [0.15, 0.2) is 6.61 Å². The van der Waals surface area contributed by atoms with Gasteiger partial charge in [0.2, 0.25) is 0 Å². The topological polar surface area (TPSA) is 38.3 Å². The number of thioether (sulfide) groups is 1. The van der Waals surface area contributed by atoms with E-state index in [0.29, 0.717) is 34.4 Å². The summed E-state index contributed by atoms with van der Waals surface area (Å²) in [5, 5.41) is 3.21. The lowest BCUT2D eigenvalue weighted by atomic mass is 10.2. The summed E-state index contributed by atoms with van der Waals surface area (Å²) in [6.45, 7) is 2.40. The zero-order chi connectivity index (χ0) is 17.4. The van der Waals surface area contributed by atoms with Gasteiger partial charge in [-0.05, 0) is 30.7 Å². The highest BCUT2D eigenvalue weighted by molar-refractivity contribution is 7.98. The molecular weight excluding hydrogens is 349 g/mol. The zero-order valence-electron chi connectivity index (χ0n) is 13.4. The van der Waals surface area contributed by atoms with Gasteiger partial charge in [0, 0.05) is 28.6 Å². The van der Waals surface area contributed by atoms with Crippen LogP contribution < -0.4 is 10.1 Å². The predicted octanol–water partition coefficient (Wildman–Crippen LogP) is 4.22. The molecule has 0 fully saturated rings. The van der Waals surface area contributed by atoms with Gasteiger partial charge in [0.25, 0.3) is 5.91 Å². The minimum absolute atomic E-state index is 0.0192. The maximum atomic E-state index is 13.6. The van der Waals surface area contributed by atoms with Crippen molar-refractivity contribution in [3.05, 3.63) is 64.4 Å². The highest BCUT2D eigenvalue weighted by Crippen LogP contribution is 2.23. The standard InChI is InChI=1S/C18H19ClFNO2S/c1-13-5-2-3-8-17(13)23-11-18(22)21-9-10-24-12-14-15(19)6-4-7-16(14)20/h2-8H,9-12H2,1H3,(H,21,22). The van der Waals surface area contributed by atoms with Crippen molar-refractivity contribution < 1.29 is 13.9 Å².